The van der Waals surface area contributed by atoms with Crippen LogP contribution in [0.4, 0.5) is 0 Å². The highest BCUT2D eigenvalue weighted by atomic mass is 16.5. The summed E-state index contributed by atoms with van der Waals surface area (Å²) in [6.07, 6.45) is 3.09. The Hall–Kier alpha value is -2.93. The highest BCUT2D eigenvalue weighted by Gasteiger charge is 2.05. The van der Waals surface area contributed by atoms with Crippen molar-refractivity contribution in [2.45, 2.75) is 0 Å². The number of hydrogen-bond acceptors (Lipinski definition) is 5. The van der Waals surface area contributed by atoms with Gasteiger partial charge < -0.3 is 10.1 Å². The predicted octanol–water partition coefficient (Wildman–Crippen LogP) is 1.01. The van der Waals surface area contributed by atoms with Gasteiger partial charge in [-0.05, 0) is 36.4 Å². The minimum absolute atomic E-state index is 0.216. The molecular weight excluding hydrogens is 286 g/mol. The van der Waals surface area contributed by atoms with E-state index in [9.17, 15) is 9.59 Å². The van der Waals surface area contributed by atoms with Crippen molar-refractivity contribution in [2.75, 3.05) is 13.2 Å². The van der Waals surface area contributed by atoms with E-state index in [1.807, 2.05) is 0 Å². The van der Waals surface area contributed by atoms with Gasteiger partial charge in [-0.1, -0.05) is 0 Å². The molecule has 0 aliphatic heterocycles. The molecular formula is C15H15N3O4. The van der Waals surface area contributed by atoms with Crippen LogP contribution in [0.3, 0.4) is 0 Å². The second-order valence-corrected chi connectivity index (χ2v) is 4.31. The lowest BCUT2D eigenvalue weighted by Crippen LogP contribution is -2.28. The molecule has 7 heteroatoms. The van der Waals surface area contributed by atoms with Crippen LogP contribution in [0.2, 0.25) is 0 Å². The van der Waals surface area contributed by atoms with Crippen LogP contribution in [0.5, 0.6) is 5.75 Å². The minimum atomic E-state index is -0.588. The van der Waals surface area contributed by atoms with Crippen LogP contribution < -0.4 is 15.5 Å². The minimum Gasteiger partial charge on any atom is -0.492 e. The Balaban J connectivity index is 1.75. The van der Waals surface area contributed by atoms with Gasteiger partial charge in [0.1, 0.15) is 12.4 Å². The van der Waals surface area contributed by atoms with Crippen LogP contribution in [-0.2, 0) is 0 Å². The maximum Gasteiger partial charge on any atom is 0.274 e. The van der Waals surface area contributed by atoms with Crippen LogP contribution in [0.1, 0.15) is 20.7 Å². The Morgan fingerprint density at radius 3 is 2.50 bits per heavy atom. The van der Waals surface area contributed by atoms with E-state index in [1.54, 1.807) is 35.9 Å². The number of hydroxylamine groups is 1. The number of pyridine rings is 1. The highest BCUT2D eigenvalue weighted by molar-refractivity contribution is 5.94. The first-order valence-electron chi connectivity index (χ1n) is 6.56. The first kappa shape index (κ1) is 15.5. The van der Waals surface area contributed by atoms with Gasteiger partial charge in [0.05, 0.1) is 12.1 Å². The molecule has 0 radical (unpaired) electrons. The number of carbonyl (C=O) groups excluding carboxylic acids is 2. The Kier molecular flexibility index (Phi) is 5.44. The number of benzene rings is 1. The van der Waals surface area contributed by atoms with E-state index in [0.717, 1.165) is 0 Å². The molecule has 22 heavy (non-hydrogen) atoms. The van der Waals surface area contributed by atoms with Crippen molar-refractivity contribution in [3.8, 4) is 5.75 Å². The number of nitrogens with one attached hydrogen (secondary N) is 2. The number of rotatable bonds is 6. The van der Waals surface area contributed by atoms with Crippen LogP contribution in [0.15, 0.2) is 48.8 Å². The van der Waals surface area contributed by atoms with E-state index in [-0.39, 0.29) is 12.5 Å². The third-order valence-electron chi connectivity index (χ3n) is 2.80. The molecule has 2 rings (SSSR count). The van der Waals surface area contributed by atoms with Crippen LogP contribution >= 0.6 is 0 Å². The maximum atomic E-state index is 11.7. The topological polar surface area (TPSA) is 101 Å². The van der Waals surface area contributed by atoms with Gasteiger partial charge in [-0.3, -0.25) is 19.8 Å². The average molecular weight is 301 g/mol. The van der Waals surface area contributed by atoms with Crippen molar-refractivity contribution >= 4 is 11.8 Å². The molecule has 0 saturated heterocycles. The van der Waals surface area contributed by atoms with E-state index in [0.29, 0.717) is 23.4 Å². The van der Waals surface area contributed by atoms with E-state index < -0.39 is 5.91 Å². The molecule has 7 nitrogen and oxygen atoms in total. The van der Waals surface area contributed by atoms with E-state index in [2.05, 4.69) is 10.3 Å². The van der Waals surface area contributed by atoms with E-state index in [4.69, 9.17) is 9.94 Å². The molecule has 2 aromatic rings. The first-order valence-corrected chi connectivity index (χ1v) is 6.56. The fourth-order valence-corrected chi connectivity index (χ4v) is 1.70. The number of hydrogen-bond donors (Lipinski definition) is 3. The van der Waals surface area contributed by atoms with Crippen LogP contribution in [-0.4, -0.2) is 35.2 Å². The summed E-state index contributed by atoms with van der Waals surface area (Å²) in [5.41, 5.74) is 2.36. The molecule has 0 unspecified atom stereocenters. The molecule has 1 aromatic carbocycles. The summed E-state index contributed by atoms with van der Waals surface area (Å²) >= 11 is 0. The van der Waals surface area contributed by atoms with Crippen LogP contribution in [0.25, 0.3) is 0 Å². The van der Waals surface area contributed by atoms with Crippen molar-refractivity contribution in [3.63, 3.8) is 0 Å². The molecule has 0 saturated carbocycles. The largest absolute Gasteiger partial charge is 0.492 e. The standard InChI is InChI=1S/C15H15N3O4/c19-14(12-2-1-7-16-10-12)17-8-9-22-13-5-3-11(4-6-13)15(20)18-21/h1-7,10,21H,8-9H2,(H,17,19)(H,18,20). The SMILES string of the molecule is O=C(NO)c1ccc(OCCNC(=O)c2cccnc2)cc1. The van der Waals surface area contributed by atoms with Gasteiger partial charge in [-0.2, -0.15) is 0 Å². The van der Waals surface area contributed by atoms with Gasteiger partial charge in [-0.25, -0.2) is 5.48 Å². The summed E-state index contributed by atoms with van der Waals surface area (Å²) in [6, 6.07) is 9.62. The lowest BCUT2D eigenvalue weighted by Gasteiger charge is -2.08. The summed E-state index contributed by atoms with van der Waals surface area (Å²) in [5.74, 6) is -0.243. The van der Waals surface area contributed by atoms with Crippen molar-refractivity contribution in [2.24, 2.45) is 0 Å². The quantitative estimate of drug-likeness (QED) is 0.420. The van der Waals surface area contributed by atoms with Crippen molar-refractivity contribution in [3.05, 3.63) is 59.9 Å². The number of aromatic nitrogens is 1. The molecule has 1 aromatic heterocycles. The van der Waals surface area contributed by atoms with Crippen molar-refractivity contribution in [1.29, 1.82) is 0 Å². The predicted molar refractivity (Wildman–Crippen MR) is 77.8 cm³/mol. The van der Waals surface area contributed by atoms with Gasteiger partial charge in [0.15, 0.2) is 0 Å². The van der Waals surface area contributed by atoms with Gasteiger partial charge in [0, 0.05) is 18.0 Å². The molecule has 1 heterocycles. The zero-order valence-electron chi connectivity index (χ0n) is 11.7. The van der Waals surface area contributed by atoms with E-state index in [1.165, 1.54) is 18.3 Å². The fraction of sp³-hybridized carbons (Fsp3) is 0.133. The Morgan fingerprint density at radius 2 is 1.86 bits per heavy atom. The molecule has 0 spiro atoms. The van der Waals surface area contributed by atoms with Crippen LogP contribution in [0, 0.1) is 0 Å². The van der Waals surface area contributed by atoms with Gasteiger partial charge in [0.2, 0.25) is 0 Å². The van der Waals surface area contributed by atoms with Crippen molar-refractivity contribution < 1.29 is 19.5 Å². The summed E-state index contributed by atoms with van der Waals surface area (Å²) in [7, 11) is 0. The number of carbonyl (C=O) groups is 2. The third kappa shape index (κ3) is 4.29. The lowest BCUT2D eigenvalue weighted by atomic mass is 10.2. The highest BCUT2D eigenvalue weighted by Crippen LogP contribution is 2.11. The monoisotopic (exact) mass is 301 g/mol. The zero-order chi connectivity index (χ0) is 15.8. The summed E-state index contributed by atoms with van der Waals surface area (Å²) < 4.78 is 5.44. The second kappa shape index (κ2) is 7.75. The normalized spacial score (nSPS) is 9.86. The summed E-state index contributed by atoms with van der Waals surface area (Å²) in [5, 5.41) is 11.2. The first-order chi connectivity index (χ1) is 10.7. The zero-order valence-corrected chi connectivity index (χ0v) is 11.7. The molecule has 2 amide bonds. The second-order valence-electron chi connectivity index (χ2n) is 4.31. The molecule has 0 bridgehead atoms. The summed E-state index contributed by atoms with van der Waals surface area (Å²) in [6.45, 7) is 0.629. The number of amides is 2. The fourth-order valence-electron chi connectivity index (χ4n) is 1.70. The maximum absolute atomic E-state index is 11.7. The molecule has 114 valence electrons. The average Bonchev–Trinajstić information content (AvgIpc) is 2.59. The van der Waals surface area contributed by atoms with Gasteiger partial charge in [-0.15, -0.1) is 0 Å². The number of ether oxygens (including phenoxy) is 1. The molecule has 0 atom stereocenters. The Bertz CT molecular complexity index is 629. The summed E-state index contributed by atoms with van der Waals surface area (Å²) in [4.78, 5) is 26.7. The van der Waals surface area contributed by atoms with Crippen molar-refractivity contribution in [1.82, 2.24) is 15.8 Å². The molecule has 0 fully saturated rings. The van der Waals surface area contributed by atoms with E-state index >= 15 is 0 Å². The van der Waals surface area contributed by atoms with Gasteiger partial charge in [0.25, 0.3) is 11.8 Å². The molecule has 3 N–H and O–H groups in total. The third-order valence-corrected chi connectivity index (χ3v) is 2.80. The Labute approximate surface area is 126 Å². The molecule has 0 aliphatic rings. The Morgan fingerprint density at radius 1 is 1.09 bits per heavy atom. The van der Waals surface area contributed by atoms with Gasteiger partial charge >= 0.3 is 0 Å². The smallest absolute Gasteiger partial charge is 0.274 e. The lowest BCUT2D eigenvalue weighted by molar-refractivity contribution is 0.0706. The molecule has 0 aliphatic carbocycles. The number of nitrogens with zero attached hydrogens (tertiary/aromatic N) is 1.